The van der Waals surface area contributed by atoms with Crippen molar-refractivity contribution in [1.82, 2.24) is 14.5 Å². The molecule has 0 fully saturated rings. The summed E-state index contributed by atoms with van der Waals surface area (Å²) in [5, 5.41) is 9.94. The first kappa shape index (κ1) is 22.8. The van der Waals surface area contributed by atoms with Crippen LogP contribution in [0.25, 0.3) is 0 Å². The average Bonchev–Trinajstić information content (AvgIpc) is 3.35. The summed E-state index contributed by atoms with van der Waals surface area (Å²) < 4.78 is 23.8. The summed E-state index contributed by atoms with van der Waals surface area (Å²) in [7, 11) is 4.50. The highest BCUT2D eigenvalue weighted by atomic mass is 16.5. The van der Waals surface area contributed by atoms with Crippen LogP contribution in [0.1, 0.15) is 28.4 Å². The van der Waals surface area contributed by atoms with E-state index < -0.39 is 5.92 Å². The molecule has 4 rings (SSSR count). The lowest BCUT2D eigenvalue weighted by Gasteiger charge is -2.28. The van der Waals surface area contributed by atoms with Crippen molar-refractivity contribution in [1.29, 1.82) is 5.26 Å². The van der Waals surface area contributed by atoms with E-state index in [-0.39, 0.29) is 17.0 Å². The molecule has 3 aromatic rings. The molecule has 0 saturated carbocycles. The molecule has 1 aromatic carbocycles. The second-order valence-corrected chi connectivity index (χ2v) is 7.73. The fraction of sp³-hybridized carbons (Fsp3) is 0.292. The number of aromatic nitrogens is 3. The fourth-order valence-electron chi connectivity index (χ4n) is 4.22. The van der Waals surface area contributed by atoms with E-state index >= 15 is 0 Å². The third kappa shape index (κ3) is 3.81. The predicted octanol–water partition coefficient (Wildman–Crippen LogP) is 2.37. The van der Waals surface area contributed by atoms with E-state index in [0.29, 0.717) is 52.8 Å². The quantitative estimate of drug-likeness (QED) is 0.545. The molecule has 0 radical (unpaired) electrons. The molecule has 1 aliphatic heterocycles. The van der Waals surface area contributed by atoms with Gasteiger partial charge in [0.15, 0.2) is 11.5 Å². The molecule has 0 saturated heterocycles. The molecule has 1 unspecified atom stereocenters. The zero-order valence-electron chi connectivity index (χ0n) is 19.3. The molecule has 10 heteroatoms. The van der Waals surface area contributed by atoms with E-state index in [1.807, 2.05) is 6.92 Å². The zero-order valence-corrected chi connectivity index (χ0v) is 19.3. The van der Waals surface area contributed by atoms with Crippen LogP contribution in [0, 0.1) is 18.3 Å². The molecule has 0 aliphatic carbocycles. The van der Waals surface area contributed by atoms with Crippen LogP contribution < -0.4 is 30.2 Å². The van der Waals surface area contributed by atoms with Gasteiger partial charge in [0.1, 0.15) is 17.4 Å². The first-order valence-corrected chi connectivity index (χ1v) is 10.5. The van der Waals surface area contributed by atoms with Gasteiger partial charge in [0.2, 0.25) is 11.6 Å². The van der Waals surface area contributed by atoms with Crippen molar-refractivity contribution < 1.29 is 18.9 Å². The van der Waals surface area contributed by atoms with Gasteiger partial charge in [-0.25, -0.2) is 4.98 Å². The third-order valence-electron chi connectivity index (χ3n) is 5.87. The summed E-state index contributed by atoms with van der Waals surface area (Å²) in [6, 6.07) is 7.29. The molecule has 10 nitrogen and oxygen atoms in total. The molecule has 1 aliphatic rings. The van der Waals surface area contributed by atoms with Crippen molar-refractivity contribution >= 4 is 0 Å². The predicted molar refractivity (Wildman–Crippen MR) is 123 cm³/mol. The molecule has 2 aromatic heterocycles. The third-order valence-corrected chi connectivity index (χ3v) is 5.87. The number of nitriles is 1. The van der Waals surface area contributed by atoms with Crippen molar-refractivity contribution in [3.8, 4) is 29.1 Å². The number of rotatable bonds is 7. The number of hydrogen-bond acceptors (Lipinski definition) is 8. The van der Waals surface area contributed by atoms with Crippen LogP contribution in [0.3, 0.4) is 0 Å². The van der Waals surface area contributed by atoms with Gasteiger partial charge in [-0.15, -0.1) is 0 Å². The Labute approximate surface area is 196 Å². The highest BCUT2D eigenvalue weighted by Crippen LogP contribution is 2.46. The minimum atomic E-state index is -0.783. The summed E-state index contributed by atoms with van der Waals surface area (Å²) in [5.74, 6) is 0.671. The lowest BCUT2D eigenvalue weighted by molar-refractivity contribution is 0.323. The maximum atomic E-state index is 13.8. The number of nitrogens with one attached hydrogen (secondary N) is 1. The Morgan fingerprint density at radius 3 is 2.47 bits per heavy atom. The minimum absolute atomic E-state index is 0.0530. The number of imidazole rings is 1. The molecule has 34 heavy (non-hydrogen) atoms. The van der Waals surface area contributed by atoms with Crippen LogP contribution in [-0.2, 0) is 13.0 Å². The van der Waals surface area contributed by atoms with Crippen molar-refractivity contribution in [2.45, 2.75) is 25.8 Å². The number of fused-ring (bicyclic) bond motifs is 1. The smallest absolute Gasteiger partial charge is 0.258 e. The average molecular weight is 463 g/mol. The van der Waals surface area contributed by atoms with Crippen LogP contribution in [0.5, 0.6) is 23.0 Å². The minimum Gasteiger partial charge on any atom is -0.493 e. The van der Waals surface area contributed by atoms with E-state index in [1.165, 1.54) is 21.3 Å². The summed E-state index contributed by atoms with van der Waals surface area (Å²) in [6.07, 6.45) is 3.90. The monoisotopic (exact) mass is 463 g/mol. The maximum absolute atomic E-state index is 13.8. The summed E-state index contributed by atoms with van der Waals surface area (Å²) in [5.41, 5.74) is 8.49. The van der Waals surface area contributed by atoms with E-state index in [4.69, 9.17) is 24.7 Å². The van der Waals surface area contributed by atoms with Gasteiger partial charge in [-0.3, -0.25) is 4.79 Å². The number of nitrogens with zero attached hydrogens (tertiary/aromatic N) is 3. The van der Waals surface area contributed by atoms with E-state index in [2.05, 4.69) is 16.0 Å². The molecular weight excluding hydrogens is 438 g/mol. The van der Waals surface area contributed by atoms with Crippen LogP contribution in [-0.4, -0.2) is 35.9 Å². The van der Waals surface area contributed by atoms with Gasteiger partial charge in [0.05, 0.1) is 39.1 Å². The van der Waals surface area contributed by atoms with Crippen molar-refractivity contribution in [3.05, 3.63) is 75.0 Å². The second kappa shape index (κ2) is 9.23. The number of nitrogens with two attached hydrogens (primary N) is 1. The lowest BCUT2D eigenvalue weighted by Crippen LogP contribution is -2.33. The fourth-order valence-corrected chi connectivity index (χ4v) is 4.22. The van der Waals surface area contributed by atoms with E-state index in [1.54, 1.807) is 35.3 Å². The molecule has 1 atom stereocenters. The first-order chi connectivity index (χ1) is 16.4. The SMILES string of the molecule is COc1cc(C2C(C#N)=C(N)Oc3cc(C)n(CCc4cnc[nH]4)c(=O)c32)cc(OC)c1OC. The van der Waals surface area contributed by atoms with Crippen molar-refractivity contribution in [2.24, 2.45) is 5.73 Å². The number of allylic oxidation sites excluding steroid dienone is 1. The molecule has 3 N–H and O–H groups in total. The zero-order chi connectivity index (χ0) is 24.4. The molecule has 176 valence electrons. The van der Waals surface area contributed by atoms with Gasteiger partial charge in [-0.2, -0.15) is 5.26 Å². The number of aryl methyl sites for hydroxylation is 2. The van der Waals surface area contributed by atoms with Crippen molar-refractivity contribution in [2.75, 3.05) is 21.3 Å². The molecular formula is C24H25N5O5. The molecule has 0 amide bonds. The molecule has 0 spiro atoms. The lowest BCUT2D eigenvalue weighted by atomic mass is 9.83. The number of aromatic amines is 1. The summed E-state index contributed by atoms with van der Waals surface area (Å²) in [4.78, 5) is 20.8. The second-order valence-electron chi connectivity index (χ2n) is 7.73. The van der Waals surface area contributed by atoms with Crippen molar-refractivity contribution in [3.63, 3.8) is 0 Å². The number of benzene rings is 1. The highest BCUT2D eigenvalue weighted by molar-refractivity contribution is 5.61. The van der Waals surface area contributed by atoms with Gasteiger partial charge in [-0.1, -0.05) is 0 Å². The van der Waals surface area contributed by atoms with E-state index in [9.17, 15) is 10.1 Å². The number of H-pyrrole nitrogens is 1. The number of pyridine rings is 1. The Morgan fingerprint density at radius 1 is 1.21 bits per heavy atom. The number of methoxy groups -OCH3 is 3. The topological polar surface area (TPSA) is 137 Å². The Morgan fingerprint density at radius 2 is 1.91 bits per heavy atom. The summed E-state index contributed by atoms with van der Waals surface area (Å²) >= 11 is 0. The summed E-state index contributed by atoms with van der Waals surface area (Å²) in [6.45, 7) is 2.25. The van der Waals surface area contributed by atoms with Gasteiger partial charge in [-0.05, 0) is 24.6 Å². The largest absolute Gasteiger partial charge is 0.493 e. The van der Waals surface area contributed by atoms with E-state index in [0.717, 1.165) is 5.69 Å². The normalized spacial score (nSPS) is 14.7. The number of ether oxygens (including phenoxy) is 4. The Kier molecular flexibility index (Phi) is 6.19. The Balaban J connectivity index is 1.91. The van der Waals surface area contributed by atoms with Crippen LogP contribution in [0.15, 0.2) is 47.0 Å². The van der Waals surface area contributed by atoms with Crippen LogP contribution in [0.4, 0.5) is 0 Å². The standard InChI is InChI=1S/C24H25N5O5/c1-13-7-17-21(24(30)29(13)6-5-15-11-27-12-28-15)20(16(10-25)23(26)34-17)14-8-18(31-2)22(33-4)19(9-14)32-3/h7-9,11-12,20H,5-6,26H2,1-4H3,(H,27,28). The van der Waals surface area contributed by atoms with Gasteiger partial charge < -0.3 is 34.2 Å². The van der Waals surface area contributed by atoms with Gasteiger partial charge in [0, 0.05) is 36.6 Å². The Hall–Kier alpha value is -4.39. The van der Waals surface area contributed by atoms with Crippen LogP contribution in [0.2, 0.25) is 0 Å². The number of hydrogen-bond donors (Lipinski definition) is 2. The first-order valence-electron chi connectivity index (χ1n) is 10.5. The van der Waals surface area contributed by atoms with Gasteiger partial charge >= 0.3 is 0 Å². The highest BCUT2D eigenvalue weighted by Gasteiger charge is 2.35. The van der Waals surface area contributed by atoms with Crippen LogP contribution >= 0.6 is 0 Å². The Bertz CT molecular complexity index is 1330. The molecule has 0 bridgehead atoms. The molecule has 3 heterocycles. The maximum Gasteiger partial charge on any atom is 0.258 e. The van der Waals surface area contributed by atoms with Gasteiger partial charge in [0.25, 0.3) is 5.56 Å².